The van der Waals surface area contributed by atoms with Crippen molar-refractivity contribution in [3.8, 4) is 11.1 Å². The normalized spacial score (nSPS) is 15.4. The first-order valence-electron chi connectivity index (χ1n) is 9.51. The van der Waals surface area contributed by atoms with Gasteiger partial charge in [-0.2, -0.15) is 5.10 Å². The van der Waals surface area contributed by atoms with Gasteiger partial charge in [-0.15, -0.1) is 11.8 Å². The first-order valence-corrected chi connectivity index (χ1v) is 10.7. The fourth-order valence-corrected chi connectivity index (χ4v) is 4.01. The summed E-state index contributed by atoms with van der Waals surface area (Å²) in [6, 6.07) is 16.5. The molecule has 8 heteroatoms. The first kappa shape index (κ1) is 20.2. The maximum atomic E-state index is 13.1. The summed E-state index contributed by atoms with van der Waals surface area (Å²) < 4.78 is 6.92. The fraction of sp³-hybridized carbons (Fsp3) is 0.227. The predicted molar refractivity (Wildman–Crippen MR) is 118 cm³/mol. The molecule has 30 heavy (non-hydrogen) atoms. The number of fused-ring (bicyclic) bond motifs is 1. The molecule has 1 aromatic heterocycles. The van der Waals surface area contributed by atoms with Crippen LogP contribution < -0.4 is 10.6 Å². The molecule has 0 saturated heterocycles. The Balaban J connectivity index is 1.72. The van der Waals surface area contributed by atoms with E-state index in [2.05, 4.69) is 15.7 Å². The molecule has 4 rings (SSSR count). The minimum absolute atomic E-state index is 0.0172. The van der Waals surface area contributed by atoms with E-state index in [1.165, 1.54) is 0 Å². The molecule has 7 nitrogen and oxygen atoms in total. The number of amides is 2. The molecule has 2 amide bonds. The van der Waals surface area contributed by atoms with Crippen molar-refractivity contribution in [3.63, 3.8) is 0 Å². The number of carbonyl (C=O) groups excluding carboxylic acids is 2. The number of nitrogens with zero attached hydrogens (tertiary/aromatic N) is 2. The summed E-state index contributed by atoms with van der Waals surface area (Å²) in [6.45, 7) is 0.268. The Morgan fingerprint density at radius 3 is 2.80 bits per heavy atom. The van der Waals surface area contributed by atoms with Crippen molar-refractivity contribution in [1.82, 2.24) is 9.78 Å². The zero-order chi connectivity index (χ0) is 21.1. The van der Waals surface area contributed by atoms with Gasteiger partial charge in [-0.25, -0.2) is 4.68 Å². The largest absolute Gasteiger partial charge is 0.378 e. The van der Waals surface area contributed by atoms with Crippen LogP contribution in [0.2, 0.25) is 0 Å². The van der Waals surface area contributed by atoms with Gasteiger partial charge >= 0.3 is 0 Å². The van der Waals surface area contributed by atoms with Gasteiger partial charge in [0.15, 0.2) is 0 Å². The number of ether oxygens (including phenoxy) is 1. The van der Waals surface area contributed by atoms with Crippen molar-refractivity contribution in [2.24, 2.45) is 0 Å². The quantitative estimate of drug-likeness (QED) is 0.588. The van der Waals surface area contributed by atoms with Crippen molar-refractivity contribution in [2.45, 2.75) is 24.0 Å². The van der Waals surface area contributed by atoms with Gasteiger partial charge in [-0.05, 0) is 30.0 Å². The van der Waals surface area contributed by atoms with Gasteiger partial charge in [0.05, 0.1) is 18.7 Å². The van der Waals surface area contributed by atoms with Gasteiger partial charge in [-0.1, -0.05) is 36.4 Å². The van der Waals surface area contributed by atoms with Crippen LogP contribution in [0.25, 0.3) is 11.1 Å². The smallest absolute Gasteiger partial charge is 0.249 e. The van der Waals surface area contributed by atoms with E-state index in [0.717, 1.165) is 16.0 Å². The number of aromatic nitrogens is 2. The van der Waals surface area contributed by atoms with Gasteiger partial charge < -0.3 is 15.4 Å². The van der Waals surface area contributed by atoms with E-state index in [0.29, 0.717) is 17.2 Å². The Hall–Kier alpha value is -3.10. The van der Waals surface area contributed by atoms with Crippen LogP contribution in [0.5, 0.6) is 0 Å². The number of carbonyl (C=O) groups is 2. The minimum Gasteiger partial charge on any atom is -0.378 e. The molecule has 1 atom stereocenters. The van der Waals surface area contributed by atoms with E-state index >= 15 is 0 Å². The summed E-state index contributed by atoms with van der Waals surface area (Å²) in [5.74, 6) is 0.0134. The van der Waals surface area contributed by atoms with Gasteiger partial charge in [0, 0.05) is 23.3 Å². The number of hydrogen-bond donors (Lipinski definition) is 2. The first-order chi connectivity index (χ1) is 14.6. The average Bonchev–Trinajstić information content (AvgIpc) is 3.11. The van der Waals surface area contributed by atoms with E-state index < -0.39 is 6.04 Å². The summed E-state index contributed by atoms with van der Waals surface area (Å²) >= 11 is 1.60. The van der Waals surface area contributed by atoms with Crippen LogP contribution in [0.4, 0.5) is 11.5 Å². The van der Waals surface area contributed by atoms with Crippen molar-refractivity contribution in [2.75, 3.05) is 24.0 Å². The third-order valence-electron chi connectivity index (χ3n) is 4.90. The molecule has 0 saturated carbocycles. The molecule has 0 bridgehead atoms. The van der Waals surface area contributed by atoms with Crippen molar-refractivity contribution < 1.29 is 14.3 Å². The summed E-state index contributed by atoms with van der Waals surface area (Å²) in [7, 11) is 1.59. The van der Waals surface area contributed by atoms with Crippen molar-refractivity contribution in [3.05, 3.63) is 60.3 Å². The average molecular weight is 423 g/mol. The second-order valence-corrected chi connectivity index (χ2v) is 7.78. The maximum absolute atomic E-state index is 13.1. The molecule has 154 valence electrons. The third-order valence-corrected chi connectivity index (χ3v) is 5.62. The van der Waals surface area contributed by atoms with Crippen molar-refractivity contribution >= 4 is 35.1 Å². The van der Waals surface area contributed by atoms with Gasteiger partial charge in [-0.3, -0.25) is 9.59 Å². The van der Waals surface area contributed by atoms with Crippen molar-refractivity contribution in [1.29, 1.82) is 0 Å². The van der Waals surface area contributed by atoms with Crippen LogP contribution in [0.3, 0.4) is 0 Å². The molecule has 0 radical (unpaired) electrons. The lowest BCUT2D eigenvalue weighted by Gasteiger charge is -2.24. The Morgan fingerprint density at radius 2 is 2.07 bits per heavy atom. The van der Waals surface area contributed by atoms with Gasteiger partial charge in [0.1, 0.15) is 11.9 Å². The molecular weight excluding hydrogens is 400 g/mol. The number of anilines is 2. The Morgan fingerprint density at radius 1 is 1.27 bits per heavy atom. The molecule has 0 fully saturated rings. The number of nitrogens with one attached hydrogen (secondary N) is 2. The molecule has 3 aromatic rings. The van der Waals surface area contributed by atoms with Gasteiger partial charge in [0.2, 0.25) is 11.8 Å². The number of rotatable bonds is 6. The third kappa shape index (κ3) is 3.96. The summed E-state index contributed by atoms with van der Waals surface area (Å²) in [6.07, 6.45) is 1.99. The highest BCUT2D eigenvalue weighted by atomic mass is 32.2. The van der Waals surface area contributed by atoms with Crippen LogP contribution in [-0.2, 0) is 20.9 Å². The molecule has 0 aliphatic carbocycles. The van der Waals surface area contributed by atoms with E-state index in [9.17, 15) is 9.59 Å². The lowest BCUT2D eigenvalue weighted by atomic mass is 10.0. The summed E-state index contributed by atoms with van der Waals surface area (Å²) in [5.41, 5.74) is 3.03. The lowest BCUT2D eigenvalue weighted by Crippen LogP contribution is -2.35. The molecule has 0 spiro atoms. The lowest BCUT2D eigenvalue weighted by molar-refractivity contribution is -0.125. The monoisotopic (exact) mass is 422 g/mol. The zero-order valence-corrected chi connectivity index (χ0v) is 17.5. The SMILES string of the molecule is COCc1nn2c(c1-c1ccccc1)NC(=O)C[C@@H]2C(=O)Nc1cccc(SC)c1. The predicted octanol–water partition coefficient (Wildman–Crippen LogP) is 3.94. The zero-order valence-electron chi connectivity index (χ0n) is 16.7. The van der Waals surface area contributed by atoms with Crippen LogP contribution in [0.1, 0.15) is 18.2 Å². The molecular formula is C22H22N4O3S. The maximum Gasteiger partial charge on any atom is 0.249 e. The number of benzene rings is 2. The van der Waals surface area contributed by atoms with Crippen LogP contribution in [0.15, 0.2) is 59.5 Å². The van der Waals surface area contributed by atoms with Crippen LogP contribution in [-0.4, -0.2) is 35.0 Å². The topological polar surface area (TPSA) is 85.2 Å². The highest BCUT2D eigenvalue weighted by Crippen LogP contribution is 2.37. The Kier molecular flexibility index (Phi) is 5.87. The van der Waals surface area contributed by atoms with E-state index in [1.807, 2.05) is 60.9 Å². The van der Waals surface area contributed by atoms with Gasteiger partial charge in [0.25, 0.3) is 0 Å². The van der Waals surface area contributed by atoms with E-state index in [4.69, 9.17) is 4.74 Å². The molecule has 2 heterocycles. The molecule has 2 N–H and O–H groups in total. The minimum atomic E-state index is -0.750. The molecule has 1 aliphatic rings. The second kappa shape index (κ2) is 8.73. The highest BCUT2D eigenvalue weighted by Gasteiger charge is 2.35. The molecule has 2 aromatic carbocycles. The Labute approximate surface area is 178 Å². The number of thioether (sulfide) groups is 1. The molecule has 0 unspecified atom stereocenters. The fourth-order valence-electron chi connectivity index (χ4n) is 3.55. The summed E-state index contributed by atoms with van der Waals surface area (Å²) in [4.78, 5) is 26.6. The van der Waals surface area contributed by atoms with Crippen LogP contribution in [0, 0.1) is 0 Å². The highest BCUT2D eigenvalue weighted by molar-refractivity contribution is 7.98. The van der Waals surface area contributed by atoms with E-state index in [1.54, 1.807) is 23.6 Å². The summed E-state index contributed by atoms with van der Waals surface area (Å²) in [5, 5.41) is 10.5. The number of methoxy groups -OCH3 is 1. The number of hydrogen-bond acceptors (Lipinski definition) is 5. The second-order valence-electron chi connectivity index (χ2n) is 6.90. The van der Waals surface area contributed by atoms with Crippen LogP contribution >= 0.6 is 11.8 Å². The van der Waals surface area contributed by atoms with E-state index in [-0.39, 0.29) is 24.8 Å². The molecule has 1 aliphatic heterocycles. The Bertz CT molecular complexity index is 1080. The standard InChI is InChI=1S/C22H22N4O3S/c1-29-13-17-20(14-7-4-3-5-8-14)21-24-19(27)12-18(26(21)25-17)22(28)23-15-9-6-10-16(11-15)30-2/h3-11,18H,12-13H2,1-2H3,(H,23,28)(H,24,27)/t18-/m1/s1.